The number of amides is 1. The summed E-state index contributed by atoms with van der Waals surface area (Å²) in [5.41, 5.74) is 0.906. The lowest BCUT2D eigenvalue weighted by Crippen LogP contribution is -2.44. The van der Waals surface area contributed by atoms with Crippen molar-refractivity contribution in [3.8, 4) is 0 Å². The van der Waals surface area contributed by atoms with Crippen LogP contribution in [0.5, 0.6) is 0 Å². The number of nitrogens with one attached hydrogen (secondary N) is 2. The highest BCUT2D eigenvalue weighted by Crippen LogP contribution is 2.23. The molecule has 2 heterocycles. The Hall–Kier alpha value is -2.40. The molecule has 11 heteroatoms. The van der Waals surface area contributed by atoms with Crippen molar-refractivity contribution in [2.75, 3.05) is 22.7 Å². The van der Waals surface area contributed by atoms with Crippen molar-refractivity contribution >= 4 is 38.5 Å². The third-order valence-corrected chi connectivity index (χ3v) is 5.98. The number of sulfonamides is 1. The number of aromatic nitrogens is 2. The predicted octanol–water partition coefficient (Wildman–Crippen LogP) is 1.58. The van der Waals surface area contributed by atoms with E-state index in [9.17, 15) is 13.2 Å². The Kier molecular flexibility index (Phi) is 5.04. The van der Waals surface area contributed by atoms with Gasteiger partial charge in [-0.1, -0.05) is 0 Å². The molecule has 0 spiro atoms. The number of hydrogen-bond acceptors (Lipinski definition) is 7. The van der Waals surface area contributed by atoms with Crippen molar-refractivity contribution in [3.05, 3.63) is 30.6 Å². The first-order chi connectivity index (χ1) is 11.9. The highest BCUT2D eigenvalue weighted by Gasteiger charge is 2.21. The maximum absolute atomic E-state index is 12.3. The SMILES string of the molecule is O=C(O)NC1CCN(c2ccc(S(=O)(=O)Nc3ncns3)cc2)CC1. The molecule has 0 unspecified atom stereocenters. The molecule has 1 fully saturated rings. The van der Waals surface area contributed by atoms with E-state index < -0.39 is 16.1 Å². The van der Waals surface area contributed by atoms with Crippen LogP contribution in [0.25, 0.3) is 0 Å². The van der Waals surface area contributed by atoms with E-state index in [1.807, 2.05) is 0 Å². The van der Waals surface area contributed by atoms with Crippen molar-refractivity contribution in [1.82, 2.24) is 14.7 Å². The third-order valence-electron chi connectivity index (χ3n) is 3.92. The van der Waals surface area contributed by atoms with Crippen LogP contribution in [0.1, 0.15) is 12.8 Å². The average molecular weight is 383 g/mol. The Morgan fingerprint density at radius 1 is 1.24 bits per heavy atom. The van der Waals surface area contributed by atoms with Crippen LogP contribution in [-0.2, 0) is 10.0 Å². The second kappa shape index (κ2) is 7.23. The number of carbonyl (C=O) groups is 1. The minimum atomic E-state index is -3.69. The van der Waals surface area contributed by atoms with Gasteiger partial charge >= 0.3 is 6.09 Å². The molecule has 0 aliphatic carbocycles. The third kappa shape index (κ3) is 4.37. The predicted molar refractivity (Wildman–Crippen MR) is 93.6 cm³/mol. The van der Waals surface area contributed by atoms with E-state index in [1.165, 1.54) is 6.33 Å². The quantitative estimate of drug-likeness (QED) is 0.716. The number of anilines is 2. The van der Waals surface area contributed by atoms with Gasteiger partial charge in [-0.05, 0) is 37.1 Å². The molecule has 1 aliphatic heterocycles. The lowest BCUT2D eigenvalue weighted by atomic mass is 10.0. The van der Waals surface area contributed by atoms with Gasteiger partial charge in [0.05, 0.1) is 4.90 Å². The molecular weight excluding hydrogens is 366 g/mol. The van der Waals surface area contributed by atoms with Gasteiger partial charge in [0.2, 0.25) is 5.13 Å². The van der Waals surface area contributed by atoms with Crippen LogP contribution in [0.15, 0.2) is 35.5 Å². The fourth-order valence-corrected chi connectivity index (χ4v) is 4.35. The molecule has 25 heavy (non-hydrogen) atoms. The van der Waals surface area contributed by atoms with Crippen LogP contribution in [0.2, 0.25) is 0 Å². The van der Waals surface area contributed by atoms with E-state index in [1.54, 1.807) is 24.3 Å². The Morgan fingerprint density at radius 2 is 1.92 bits per heavy atom. The molecule has 1 amide bonds. The molecule has 9 nitrogen and oxygen atoms in total. The first kappa shape index (κ1) is 17.4. The van der Waals surface area contributed by atoms with Gasteiger partial charge in [-0.15, -0.1) is 0 Å². The van der Waals surface area contributed by atoms with Crippen LogP contribution < -0.4 is 14.9 Å². The van der Waals surface area contributed by atoms with E-state index in [4.69, 9.17) is 5.11 Å². The largest absolute Gasteiger partial charge is 0.465 e. The highest BCUT2D eigenvalue weighted by atomic mass is 32.2. The normalized spacial score (nSPS) is 15.8. The Labute approximate surface area is 148 Å². The van der Waals surface area contributed by atoms with Gasteiger partial charge in [0.1, 0.15) is 6.33 Å². The molecule has 3 rings (SSSR count). The Morgan fingerprint density at radius 3 is 2.48 bits per heavy atom. The second-order valence-corrected chi connectivity index (χ2v) is 8.02. The molecule has 0 radical (unpaired) electrons. The molecular formula is C14H17N5O4S2. The summed E-state index contributed by atoms with van der Waals surface area (Å²) >= 11 is 0.967. The Bertz CT molecular complexity index is 815. The van der Waals surface area contributed by atoms with Gasteiger partial charge in [0.15, 0.2) is 0 Å². The summed E-state index contributed by atoms with van der Waals surface area (Å²) in [6, 6.07) is 6.55. The van der Waals surface area contributed by atoms with Gasteiger partial charge in [0.25, 0.3) is 10.0 Å². The van der Waals surface area contributed by atoms with Crippen molar-refractivity contribution in [3.63, 3.8) is 0 Å². The second-order valence-electron chi connectivity index (χ2n) is 5.56. The summed E-state index contributed by atoms with van der Waals surface area (Å²) in [6.07, 6.45) is 1.71. The fraction of sp³-hybridized carbons (Fsp3) is 0.357. The van der Waals surface area contributed by atoms with Crippen LogP contribution in [-0.4, -0.2) is 48.1 Å². The summed E-state index contributed by atoms with van der Waals surface area (Å²) in [5, 5.41) is 11.5. The molecule has 1 saturated heterocycles. The number of nitrogens with zero attached hydrogens (tertiary/aromatic N) is 3. The number of carboxylic acid groups (broad SMARTS) is 1. The summed E-state index contributed by atoms with van der Waals surface area (Å²) in [6.45, 7) is 1.42. The number of hydrogen-bond donors (Lipinski definition) is 3. The lowest BCUT2D eigenvalue weighted by molar-refractivity contribution is 0.187. The minimum Gasteiger partial charge on any atom is -0.465 e. The molecule has 3 N–H and O–H groups in total. The van der Waals surface area contributed by atoms with E-state index >= 15 is 0 Å². The van der Waals surface area contributed by atoms with E-state index in [-0.39, 0.29) is 16.1 Å². The molecule has 1 aromatic carbocycles. The number of piperidine rings is 1. The van der Waals surface area contributed by atoms with Gasteiger partial charge in [-0.3, -0.25) is 4.72 Å². The fourth-order valence-electron chi connectivity index (χ4n) is 2.68. The molecule has 1 aliphatic rings. The molecule has 0 atom stereocenters. The molecule has 134 valence electrons. The first-order valence-electron chi connectivity index (χ1n) is 7.58. The van der Waals surface area contributed by atoms with Gasteiger partial charge in [-0.25, -0.2) is 18.2 Å². The highest BCUT2D eigenvalue weighted by molar-refractivity contribution is 7.93. The summed E-state index contributed by atoms with van der Waals surface area (Å²) in [4.78, 5) is 16.7. The molecule has 2 aromatic rings. The summed E-state index contributed by atoms with van der Waals surface area (Å²) in [5.74, 6) is 0. The van der Waals surface area contributed by atoms with Gasteiger partial charge in [-0.2, -0.15) is 4.37 Å². The van der Waals surface area contributed by atoms with E-state index in [0.29, 0.717) is 25.9 Å². The lowest BCUT2D eigenvalue weighted by Gasteiger charge is -2.33. The van der Waals surface area contributed by atoms with Crippen molar-refractivity contribution in [2.24, 2.45) is 0 Å². The van der Waals surface area contributed by atoms with Crippen LogP contribution >= 0.6 is 11.5 Å². The monoisotopic (exact) mass is 383 g/mol. The van der Waals surface area contributed by atoms with Crippen molar-refractivity contribution < 1.29 is 18.3 Å². The average Bonchev–Trinajstić information content (AvgIpc) is 3.07. The van der Waals surface area contributed by atoms with Crippen LogP contribution in [0, 0.1) is 0 Å². The maximum atomic E-state index is 12.3. The topological polar surface area (TPSA) is 125 Å². The maximum Gasteiger partial charge on any atom is 0.404 e. The molecule has 0 saturated carbocycles. The molecule has 0 bridgehead atoms. The standard InChI is InChI=1S/C14H17N5O4S2/c20-14(21)17-10-5-7-19(8-6-10)11-1-3-12(4-2-11)25(22,23)18-13-15-9-16-24-13/h1-4,9-10,17H,5-8H2,(H,20,21)(H,15,16,18). The number of benzene rings is 1. The van der Waals surface area contributed by atoms with Gasteiger partial charge < -0.3 is 15.3 Å². The van der Waals surface area contributed by atoms with Crippen LogP contribution in [0.3, 0.4) is 0 Å². The number of rotatable bonds is 5. The Balaban J connectivity index is 1.64. The van der Waals surface area contributed by atoms with E-state index in [0.717, 1.165) is 17.2 Å². The zero-order chi connectivity index (χ0) is 17.9. The summed E-state index contributed by atoms with van der Waals surface area (Å²) in [7, 11) is -3.69. The van der Waals surface area contributed by atoms with Gasteiger partial charge in [0, 0.05) is 36.4 Å². The molecule has 1 aromatic heterocycles. The van der Waals surface area contributed by atoms with E-state index in [2.05, 4.69) is 24.3 Å². The van der Waals surface area contributed by atoms with Crippen molar-refractivity contribution in [1.29, 1.82) is 0 Å². The summed E-state index contributed by atoms with van der Waals surface area (Å²) < 4.78 is 30.7. The van der Waals surface area contributed by atoms with Crippen molar-refractivity contribution in [2.45, 2.75) is 23.8 Å². The smallest absolute Gasteiger partial charge is 0.404 e. The minimum absolute atomic E-state index is 0.0375. The zero-order valence-electron chi connectivity index (χ0n) is 13.1. The zero-order valence-corrected chi connectivity index (χ0v) is 14.8. The first-order valence-corrected chi connectivity index (χ1v) is 9.84. The van der Waals surface area contributed by atoms with Crippen LogP contribution in [0.4, 0.5) is 15.6 Å².